The molecule has 2 N–H and O–H groups in total. The van der Waals surface area contributed by atoms with E-state index in [0.29, 0.717) is 11.3 Å². The highest BCUT2D eigenvalue weighted by atomic mass is 32.2. The van der Waals surface area contributed by atoms with E-state index in [1.807, 2.05) is 11.8 Å². The molecule has 1 aliphatic rings. The second kappa shape index (κ2) is 6.06. The average molecular weight is 268 g/mol. The fraction of sp³-hybridized carbons (Fsp3) is 0.500. The van der Waals surface area contributed by atoms with E-state index in [1.54, 1.807) is 12.1 Å². The van der Waals surface area contributed by atoms with Crippen LogP contribution in [-0.4, -0.2) is 27.6 Å². The zero-order valence-electron chi connectivity index (χ0n) is 9.96. The van der Waals surface area contributed by atoms with E-state index in [1.165, 1.54) is 6.07 Å². The van der Waals surface area contributed by atoms with Gasteiger partial charge in [-0.3, -0.25) is 10.1 Å². The van der Waals surface area contributed by atoms with Gasteiger partial charge in [0.15, 0.2) is 0 Å². The maximum absolute atomic E-state index is 11.0. The molecule has 1 saturated heterocycles. The van der Waals surface area contributed by atoms with Crippen molar-refractivity contribution < 1.29 is 10.0 Å². The van der Waals surface area contributed by atoms with Gasteiger partial charge in [-0.1, -0.05) is 0 Å². The highest BCUT2D eigenvalue weighted by Crippen LogP contribution is 2.28. The van der Waals surface area contributed by atoms with Crippen molar-refractivity contribution in [2.24, 2.45) is 0 Å². The minimum atomic E-state index is -0.389. The molecule has 1 fully saturated rings. The molecule has 6 heteroatoms. The highest BCUT2D eigenvalue weighted by molar-refractivity contribution is 7.99. The smallest absolute Gasteiger partial charge is 0.292 e. The number of nitrogens with one attached hydrogen (secondary N) is 1. The molecular weight excluding hydrogens is 252 g/mol. The summed E-state index contributed by atoms with van der Waals surface area (Å²) in [5.41, 5.74) is 1.27. The van der Waals surface area contributed by atoms with E-state index in [0.717, 1.165) is 24.3 Å². The van der Waals surface area contributed by atoms with Crippen LogP contribution in [0.2, 0.25) is 0 Å². The summed E-state index contributed by atoms with van der Waals surface area (Å²) >= 11 is 1.86. The van der Waals surface area contributed by atoms with Gasteiger partial charge in [0.05, 0.1) is 11.5 Å². The maximum atomic E-state index is 11.0. The number of rotatable bonds is 4. The third-order valence-corrected chi connectivity index (χ3v) is 4.18. The SMILES string of the molecule is O=[N+]([O-])c1ccc(CO)cc1NC1CCCSC1. The zero-order chi connectivity index (χ0) is 13.0. The van der Waals surface area contributed by atoms with Crippen LogP contribution in [0, 0.1) is 10.1 Å². The lowest BCUT2D eigenvalue weighted by Gasteiger charge is -2.23. The zero-order valence-corrected chi connectivity index (χ0v) is 10.8. The van der Waals surface area contributed by atoms with Crippen molar-refractivity contribution in [3.63, 3.8) is 0 Å². The van der Waals surface area contributed by atoms with E-state index < -0.39 is 0 Å². The molecular formula is C12H16N2O3S. The molecule has 1 unspecified atom stereocenters. The predicted octanol–water partition coefficient (Wildman–Crippen LogP) is 2.39. The van der Waals surface area contributed by atoms with E-state index in [2.05, 4.69) is 5.32 Å². The molecule has 5 nitrogen and oxygen atoms in total. The number of aliphatic hydroxyl groups is 1. The Morgan fingerprint density at radius 3 is 3.00 bits per heavy atom. The highest BCUT2D eigenvalue weighted by Gasteiger charge is 2.19. The maximum Gasteiger partial charge on any atom is 0.292 e. The van der Waals surface area contributed by atoms with Crippen molar-refractivity contribution in [3.05, 3.63) is 33.9 Å². The molecule has 98 valence electrons. The molecule has 0 spiro atoms. The number of benzene rings is 1. The van der Waals surface area contributed by atoms with Crippen LogP contribution in [0.1, 0.15) is 18.4 Å². The molecule has 1 aromatic rings. The third kappa shape index (κ3) is 3.14. The van der Waals surface area contributed by atoms with Gasteiger partial charge in [-0.2, -0.15) is 11.8 Å². The molecule has 2 rings (SSSR count). The van der Waals surface area contributed by atoms with Crippen LogP contribution in [0.15, 0.2) is 18.2 Å². The van der Waals surface area contributed by atoms with Crippen LogP contribution in [0.5, 0.6) is 0 Å². The van der Waals surface area contributed by atoms with Crippen molar-refractivity contribution in [1.82, 2.24) is 0 Å². The van der Waals surface area contributed by atoms with Crippen LogP contribution in [-0.2, 0) is 6.61 Å². The summed E-state index contributed by atoms with van der Waals surface area (Å²) in [6, 6.07) is 4.97. The lowest BCUT2D eigenvalue weighted by Crippen LogP contribution is -2.26. The Balaban J connectivity index is 2.19. The minimum absolute atomic E-state index is 0.0720. The van der Waals surface area contributed by atoms with Gasteiger partial charge < -0.3 is 10.4 Å². The minimum Gasteiger partial charge on any atom is -0.392 e. The second-order valence-corrected chi connectivity index (χ2v) is 5.47. The first-order chi connectivity index (χ1) is 8.70. The van der Waals surface area contributed by atoms with Gasteiger partial charge in [-0.05, 0) is 36.3 Å². The topological polar surface area (TPSA) is 75.4 Å². The van der Waals surface area contributed by atoms with Crippen LogP contribution < -0.4 is 5.32 Å². The van der Waals surface area contributed by atoms with E-state index in [4.69, 9.17) is 5.11 Å². The van der Waals surface area contributed by atoms with Gasteiger partial charge in [0.2, 0.25) is 0 Å². The molecule has 1 heterocycles. The normalized spacial score (nSPS) is 19.5. The standard InChI is InChI=1S/C12H16N2O3S/c15-7-9-3-4-12(14(16)17)11(6-9)13-10-2-1-5-18-8-10/h3-4,6,10,13,15H,1-2,5,7-8H2. The first kappa shape index (κ1) is 13.2. The van der Waals surface area contributed by atoms with E-state index in [-0.39, 0.29) is 23.3 Å². The molecule has 0 aromatic heterocycles. The molecule has 1 atom stereocenters. The summed E-state index contributed by atoms with van der Waals surface area (Å²) in [5.74, 6) is 2.14. The van der Waals surface area contributed by atoms with Crippen molar-refractivity contribution >= 4 is 23.1 Å². The molecule has 0 aliphatic carbocycles. The summed E-state index contributed by atoms with van der Waals surface area (Å²) in [6.07, 6.45) is 2.17. The van der Waals surface area contributed by atoms with Gasteiger partial charge in [0.1, 0.15) is 5.69 Å². The molecule has 1 aliphatic heterocycles. The quantitative estimate of drug-likeness (QED) is 0.648. The fourth-order valence-corrected chi connectivity index (χ4v) is 3.10. The Hall–Kier alpha value is -1.27. The number of hydrogen-bond donors (Lipinski definition) is 2. The lowest BCUT2D eigenvalue weighted by molar-refractivity contribution is -0.384. The number of nitro benzene ring substituents is 1. The Labute approximate surface area is 110 Å². The number of aliphatic hydroxyl groups excluding tert-OH is 1. The van der Waals surface area contributed by atoms with Crippen LogP contribution >= 0.6 is 11.8 Å². The van der Waals surface area contributed by atoms with Crippen LogP contribution in [0.4, 0.5) is 11.4 Å². The molecule has 0 bridgehead atoms. The first-order valence-corrected chi connectivity index (χ1v) is 7.08. The average Bonchev–Trinajstić information content (AvgIpc) is 2.39. The van der Waals surface area contributed by atoms with Gasteiger partial charge in [-0.25, -0.2) is 0 Å². The van der Waals surface area contributed by atoms with Crippen LogP contribution in [0.25, 0.3) is 0 Å². The van der Waals surface area contributed by atoms with Gasteiger partial charge in [-0.15, -0.1) is 0 Å². The second-order valence-electron chi connectivity index (χ2n) is 4.33. The summed E-state index contributed by atoms with van der Waals surface area (Å²) < 4.78 is 0. The molecule has 0 saturated carbocycles. The largest absolute Gasteiger partial charge is 0.392 e. The fourth-order valence-electron chi connectivity index (χ4n) is 2.03. The number of nitrogens with zero attached hydrogens (tertiary/aromatic N) is 1. The van der Waals surface area contributed by atoms with Crippen molar-refractivity contribution in [2.45, 2.75) is 25.5 Å². The Morgan fingerprint density at radius 1 is 1.56 bits per heavy atom. The Kier molecular flexibility index (Phi) is 4.43. The number of anilines is 1. The number of nitro groups is 1. The summed E-state index contributed by atoms with van der Waals surface area (Å²) in [5, 5.41) is 23.3. The predicted molar refractivity (Wildman–Crippen MR) is 73.0 cm³/mol. The van der Waals surface area contributed by atoms with Gasteiger partial charge in [0, 0.05) is 17.9 Å². The number of thioether (sulfide) groups is 1. The molecule has 18 heavy (non-hydrogen) atoms. The number of hydrogen-bond acceptors (Lipinski definition) is 5. The monoisotopic (exact) mass is 268 g/mol. The third-order valence-electron chi connectivity index (χ3n) is 2.96. The molecule has 1 aromatic carbocycles. The molecule has 0 radical (unpaired) electrons. The van der Waals surface area contributed by atoms with Crippen molar-refractivity contribution in [1.29, 1.82) is 0 Å². The summed E-state index contributed by atoms with van der Waals surface area (Å²) in [7, 11) is 0. The van der Waals surface area contributed by atoms with E-state index >= 15 is 0 Å². The lowest BCUT2D eigenvalue weighted by atomic mass is 10.1. The van der Waals surface area contributed by atoms with Crippen molar-refractivity contribution in [3.8, 4) is 0 Å². The molecule has 0 amide bonds. The summed E-state index contributed by atoms with van der Waals surface area (Å²) in [4.78, 5) is 10.6. The van der Waals surface area contributed by atoms with Crippen molar-refractivity contribution in [2.75, 3.05) is 16.8 Å². The van der Waals surface area contributed by atoms with E-state index in [9.17, 15) is 10.1 Å². The van der Waals surface area contributed by atoms with Gasteiger partial charge >= 0.3 is 0 Å². The van der Waals surface area contributed by atoms with Gasteiger partial charge in [0.25, 0.3) is 5.69 Å². The Bertz CT molecular complexity index is 433. The first-order valence-electron chi connectivity index (χ1n) is 5.93. The summed E-state index contributed by atoms with van der Waals surface area (Å²) in [6.45, 7) is -0.105. The Morgan fingerprint density at radius 2 is 2.39 bits per heavy atom. The van der Waals surface area contributed by atoms with Crippen LogP contribution in [0.3, 0.4) is 0 Å².